The molecule has 1 saturated carbocycles. The fourth-order valence-electron chi connectivity index (χ4n) is 7.30. The Balaban J connectivity index is 1.24. The summed E-state index contributed by atoms with van der Waals surface area (Å²) in [6.45, 7) is 3.01. The molecule has 210 valence electrons. The highest BCUT2D eigenvalue weighted by Crippen LogP contribution is 2.51. The average Bonchev–Trinajstić information content (AvgIpc) is 3.51. The number of aromatic hydroxyl groups is 1. The first-order chi connectivity index (χ1) is 19.5. The van der Waals surface area contributed by atoms with Gasteiger partial charge in [0, 0.05) is 12.0 Å². The first-order valence-corrected chi connectivity index (χ1v) is 14.8. The summed E-state index contributed by atoms with van der Waals surface area (Å²) in [5.41, 5.74) is 4.60. The first-order valence-electron chi connectivity index (χ1n) is 14.8. The zero-order valence-electron chi connectivity index (χ0n) is 23.3. The molecule has 2 aromatic carbocycles. The van der Waals surface area contributed by atoms with Gasteiger partial charge in [0.1, 0.15) is 18.1 Å². The van der Waals surface area contributed by atoms with Crippen LogP contribution >= 0.6 is 0 Å². The van der Waals surface area contributed by atoms with Crippen LogP contribution in [0.3, 0.4) is 0 Å². The van der Waals surface area contributed by atoms with Gasteiger partial charge in [-0.25, -0.2) is 0 Å². The SMILES string of the molecule is C/C(=C\c1ccc(O)cc1)CC[C@H]1OC[C@H]2C1=C(COc1ccccc1)C[C@H]1C(=O)N(C3CCCCC3)C(=O)[C@H]12. The summed E-state index contributed by atoms with van der Waals surface area (Å²) >= 11 is 0. The van der Waals surface area contributed by atoms with E-state index in [1.54, 1.807) is 17.0 Å². The number of phenolic OH excluding ortho intramolecular Hbond substituents is 1. The van der Waals surface area contributed by atoms with E-state index < -0.39 is 0 Å². The summed E-state index contributed by atoms with van der Waals surface area (Å²) in [5.74, 6) is 0.420. The van der Waals surface area contributed by atoms with Gasteiger partial charge < -0.3 is 14.6 Å². The number of imide groups is 1. The van der Waals surface area contributed by atoms with Gasteiger partial charge in [-0.05, 0) is 80.0 Å². The van der Waals surface area contributed by atoms with Crippen molar-refractivity contribution in [1.82, 2.24) is 4.90 Å². The zero-order chi connectivity index (χ0) is 27.6. The topological polar surface area (TPSA) is 76.1 Å². The highest BCUT2D eigenvalue weighted by atomic mass is 16.5. The molecule has 0 radical (unpaired) electrons. The number of nitrogens with zero attached hydrogens (tertiary/aromatic N) is 1. The largest absolute Gasteiger partial charge is 0.508 e. The first kappa shape index (κ1) is 26.8. The van der Waals surface area contributed by atoms with Gasteiger partial charge in [0.2, 0.25) is 11.8 Å². The Morgan fingerprint density at radius 3 is 2.50 bits per heavy atom. The molecular weight excluding hydrogens is 502 g/mol. The van der Waals surface area contributed by atoms with Crippen LogP contribution in [0.4, 0.5) is 0 Å². The molecule has 3 fully saturated rings. The van der Waals surface area contributed by atoms with E-state index >= 15 is 0 Å². The van der Waals surface area contributed by atoms with Crippen LogP contribution in [-0.4, -0.2) is 47.2 Å². The maximum absolute atomic E-state index is 13.8. The molecule has 2 aliphatic carbocycles. The molecule has 0 aromatic heterocycles. The van der Waals surface area contributed by atoms with Gasteiger partial charge in [0.05, 0.1) is 24.5 Å². The Kier molecular flexibility index (Phi) is 7.79. The number of carbonyl (C=O) groups excluding carboxylic acids is 2. The third-order valence-corrected chi connectivity index (χ3v) is 9.25. The number of rotatable bonds is 8. The number of fused-ring (bicyclic) bond motifs is 3. The second kappa shape index (κ2) is 11.6. The van der Waals surface area contributed by atoms with E-state index in [-0.39, 0.29) is 47.5 Å². The number of likely N-dealkylation sites (tertiary alicyclic amines) is 1. The van der Waals surface area contributed by atoms with Crippen LogP contribution in [0.2, 0.25) is 0 Å². The highest BCUT2D eigenvalue weighted by molar-refractivity contribution is 6.06. The van der Waals surface area contributed by atoms with E-state index in [9.17, 15) is 14.7 Å². The molecule has 2 heterocycles. The lowest BCUT2D eigenvalue weighted by Crippen LogP contribution is -2.42. The van der Waals surface area contributed by atoms with Crippen molar-refractivity contribution >= 4 is 17.9 Å². The molecule has 6 rings (SSSR count). The summed E-state index contributed by atoms with van der Waals surface area (Å²) in [6, 6.07) is 17.0. The van der Waals surface area contributed by atoms with Crippen LogP contribution in [0.25, 0.3) is 6.08 Å². The number of amides is 2. The molecule has 6 nitrogen and oxygen atoms in total. The Hall–Kier alpha value is -3.38. The van der Waals surface area contributed by atoms with Crippen molar-refractivity contribution in [2.24, 2.45) is 17.8 Å². The smallest absolute Gasteiger partial charge is 0.234 e. The molecule has 2 aromatic rings. The van der Waals surface area contributed by atoms with Crippen LogP contribution < -0.4 is 4.74 Å². The quantitative estimate of drug-likeness (QED) is 0.313. The van der Waals surface area contributed by atoms with E-state index in [2.05, 4.69) is 13.0 Å². The summed E-state index contributed by atoms with van der Waals surface area (Å²) < 4.78 is 12.6. The van der Waals surface area contributed by atoms with Gasteiger partial charge >= 0.3 is 0 Å². The molecule has 0 spiro atoms. The van der Waals surface area contributed by atoms with E-state index in [1.165, 1.54) is 17.6 Å². The van der Waals surface area contributed by atoms with Crippen molar-refractivity contribution in [1.29, 1.82) is 0 Å². The monoisotopic (exact) mass is 541 g/mol. The van der Waals surface area contributed by atoms with Crippen molar-refractivity contribution in [3.8, 4) is 11.5 Å². The molecule has 2 amide bonds. The van der Waals surface area contributed by atoms with Crippen molar-refractivity contribution < 1.29 is 24.2 Å². The molecule has 0 unspecified atom stereocenters. The Morgan fingerprint density at radius 2 is 1.75 bits per heavy atom. The predicted octanol–water partition coefficient (Wildman–Crippen LogP) is 6.30. The molecular formula is C34H39NO5. The Bertz CT molecular complexity index is 1290. The molecule has 1 N–H and O–H groups in total. The summed E-state index contributed by atoms with van der Waals surface area (Å²) in [6.07, 6.45) is 9.49. The molecule has 2 aliphatic heterocycles. The molecule has 4 atom stereocenters. The molecule has 0 bridgehead atoms. The lowest BCUT2D eigenvalue weighted by Gasteiger charge is -2.32. The maximum Gasteiger partial charge on any atom is 0.234 e. The normalized spacial score (nSPS) is 27.2. The van der Waals surface area contributed by atoms with E-state index in [0.29, 0.717) is 19.6 Å². The number of allylic oxidation sites excluding steroid dienone is 1. The Morgan fingerprint density at radius 1 is 1.00 bits per heavy atom. The van der Waals surface area contributed by atoms with Gasteiger partial charge in [-0.3, -0.25) is 14.5 Å². The fraction of sp³-hybridized carbons (Fsp3) is 0.471. The molecule has 40 heavy (non-hydrogen) atoms. The van der Waals surface area contributed by atoms with Gasteiger partial charge in [-0.2, -0.15) is 0 Å². The number of hydrogen-bond acceptors (Lipinski definition) is 5. The van der Waals surface area contributed by atoms with Crippen molar-refractivity contribution in [2.45, 2.75) is 70.4 Å². The lowest BCUT2D eigenvalue weighted by molar-refractivity contribution is -0.143. The predicted molar refractivity (Wildman–Crippen MR) is 154 cm³/mol. The van der Waals surface area contributed by atoms with Gasteiger partial charge in [-0.15, -0.1) is 0 Å². The summed E-state index contributed by atoms with van der Waals surface area (Å²) in [7, 11) is 0. The van der Waals surface area contributed by atoms with Crippen molar-refractivity contribution in [2.75, 3.05) is 13.2 Å². The third kappa shape index (κ3) is 5.34. The summed E-state index contributed by atoms with van der Waals surface area (Å²) in [4.78, 5) is 29.2. The second-order valence-electron chi connectivity index (χ2n) is 11.9. The summed E-state index contributed by atoms with van der Waals surface area (Å²) in [5, 5.41) is 9.58. The molecule has 4 aliphatic rings. The number of para-hydroxylation sites is 1. The average molecular weight is 542 g/mol. The van der Waals surface area contributed by atoms with Crippen molar-refractivity contribution in [3.05, 3.63) is 76.9 Å². The minimum Gasteiger partial charge on any atom is -0.508 e. The second-order valence-corrected chi connectivity index (χ2v) is 11.9. The maximum atomic E-state index is 13.8. The van der Waals surface area contributed by atoms with Crippen LogP contribution in [0.15, 0.2) is 71.3 Å². The standard InChI is InChI=1S/C34H39NO5/c1-22(18-23-13-15-26(36)16-14-23)12-17-30-31-24(20-39-27-10-6-3-7-11-27)19-28-32(29(31)21-40-30)34(38)35(33(28)37)25-8-4-2-5-9-25/h3,6-7,10-11,13-16,18,25,28-30,32,36H,2,4-5,8-9,12,17,19-21H2,1H3/b22-18+/t28-,29+,30-,32-/m1/s1. The lowest BCUT2D eigenvalue weighted by atomic mass is 9.69. The number of ether oxygens (including phenoxy) is 2. The van der Waals surface area contributed by atoms with E-state index in [1.807, 2.05) is 42.5 Å². The molecule has 6 heteroatoms. The Labute approximate surface area is 236 Å². The van der Waals surface area contributed by atoms with Gasteiger partial charge in [0.25, 0.3) is 0 Å². The fourth-order valence-corrected chi connectivity index (χ4v) is 7.30. The van der Waals surface area contributed by atoms with Crippen LogP contribution in [0.5, 0.6) is 11.5 Å². The minimum absolute atomic E-state index is 0.0225. The van der Waals surface area contributed by atoms with Crippen LogP contribution in [0, 0.1) is 17.8 Å². The highest BCUT2D eigenvalue weighted by Gasteiger charge is 2.58. The van der Waals surface area contributed by atoms with Gasteiger partial charge in [-0.1, -0.05) is 61.2 Å². The number of hydrogen-bond donors (Lipinski definition) is 1. The van der Waals surface area contributed by atoms with Crippen molar-refractivity contribution in [3.63, 3.8) is 0 Å². The van der Waals surface area contributed by atoms with E-state index in [4.69, 9.17) is 9.47 Å². The number of phenols is 1. The minimum atomic E-state index is -0.316. The van der Waals surface area contributed by atoms with Gasteiger partial charge in [0.15, 0.2) is 0 Å². The van der Waals surface area contributed by atoms with Crippen LogP contribution in [0.1, 0.15) is 63.9 Å². The zero-order valence-corrected chi connectivity index (χ0v) is 23.3. The third-order valence-electron chi connectivity index (χ3n) is 9.25. The molecule has 2 saturated heterocycles. The van der Waals surface area contributed by atoms with Crippen LogP contribution in [-0.2, 0) is 14.3 Å². The number of benzene rings is 2. The number of carbonyl (C=O) groups is 2. The van der Waals surface area contributed by atoms with E-state index in [0.717, 1.165) is 55.4 Å².